The first-order valence-corrected chi connectivity index (χ1v) is 10.1. The molecule has 1 aliphatic heterocycles. The van der Waals surface area contributed by atoms with Crippen molar-refractivity contribution < 1.29 is 29.1 Å². The van der Waals surface area contributed by atoms with Crippen molar-refractivity contribution in [2.45, 2.75) is 25.8 Å². The van der Waals surface area contributed by atoms with Crippen LogP contribution < -0.4 is 9.47 Å². The van der Waals surface area contributed by atoms with Crippen molar-refractivity contribution in [3.8, 4) is 11.5 Å². The van der Waals surface area contributed by atoms with Crippen molar-refractivity contribution in [3.63, 3.8) is 0 Å². The van der Waals surface area contributed by atoms with Gasteiger partial charge < -0.3 is 19.5 Å². The number of carbonyl (C=O) groups is 2. The molecular weight excluding hydrogens is 416 g/mol. The Labute approximate surface area is 185 Å². The fourth-order valence-electron chi connectivity index (χ4n) is 3.73. The molecule has 9 nitrogen and oxygen atoms in total. The van der Waals surface area contributed by atoms with Crippen LogP contribution in [0.25, 0.3) is 5.76 Å². The molecular formula is C23H24N2O7. The quantitative estimate of drug-likeness (QED) is 0.218. The van der Waals surface area contributed by atoms with E-state index in [1.165, 1.54) is 43.4 Å². The van der Waals surface area contributed by atoms with Gasteiger partial charge in [0.25, 0.3) is 17.4 Å². The van der Waals surface area contributed by atoms with Gasteiger partial charge in [-0.1, -0.05) is 31.5 Å². The normalized spacial score (nSPS) is 17.5. The third-order valence-corrected chi connectivity index (χ3v) is 5.35. The third-order valence-electron chi connectivity index (χ3n) is 5.35. The van der Waals surface area contributed by atoms with E-state index in [1.807, 2.05) is 6.92 Å². The lowest BCUT2D eigenvalue weighted by Crippen LogP contribution is -2.30. The number of hydrogen-bond acceptors (Lipinski definition) is 7. The molecule has 0 aromatic heterocycles. The average molecular weight is 440 g/mol. The Morgan fingerprint density at radius 1 is 1.12 bits per heavy atom. The summed E-state index contributed by atoms with van der Waals surface area (Å²) < 4.78 is 10.6. The van der Waals surface area contributed by atoms with Crippen LogP contribution in [0.5, 0.6) is 11.5 Å². The number of non-ortho nitro benzene ring substituents is 1. The molecule has 1 N–H and O–H groups in total. The smallest absolute Gasteiger partial charge is 0.295 e. The molecule has 9 heteroatoms. The molecule has 3 rings (SSSR count). The molecule has 0 radical (unpaired) electrons. The van der Waals surface area contributed by atoms with Gasteiger partial charge in [0, 0.05) is 24.2 Å². The summed E-state index contributed by atoms with van der Waals surface area (Å²) in [4.78, 5) is 37.8. The highest BCUT2D eigenvalue weighted by atomic mass is 16.6. The number of nitro benzene ring substituents is 1. The van der Waals surface area contributed by atoms with E-state index in [9.17, 15) is 24.8 Å². The number of carbonyl (C=O) groups excluding carboxylic acids is 2. The fraction of sp³-hybridized carbons (Fsp3) is 0.304. The topological polar surface area (TPSA) is 119 Å². The maximum Gasteiger partial charge on any atom is 0.295 e. The minimum Gasteiger partial charge on any atom is -0.507 e. The second-order valence-electron chi connectivity index (χ2n) is 7.27. The number of benzene rings is 2. The van der Waals surface area contributed by atoms with Crippen LogP contribution in [0.2, 0.25) is 0 Å². The van der Waals surface area contributed by atoms with Gasteiger partial charge in [-0.2, -0.15) is 0 Å². The lowest BCUT2D eigenvalue weighted by atomic mass is 9.94. The van der Waals surface area contributed by atoms with E-state index >= 15 is 0 Å². The summed E-state index contributed by atoms with van der Waals surface area (Å²) in [6.45, 7) is 2.27. The number of rotatable bonds is 8. The second kappa shape index (κ2) is 9.51. The minimum absolute atomic E-state index is 0.0816. The van der Waals surface area contributed by atoms with Crippen molar-refractivity contribution in [2.75, 3.05) is 20.8 Å². The average Bonchev–Trinajstić information content (AvgIpc) is 3.06. The number of nitro groups is 1. The number of likely N-dealkylation sites (tertiary alicyclic amines) is 1. The zero-order valence-electron chi connectivity index (χ0n) is 18.0. The van der Waals surface area contributed by atoms with Gasteiger partial charge in [-0.05, 0) is 24.1 Å². The zero-order valence-corrected chi connectivity index (χ0v) is 18.0. The van der Waals surface area contributed by atoms with Crippen molar-refractivity contribution in [1.82, 2.24) is 4.90 Å². The predicted octanol–water partition coefficient (Wildman–Crippen LogP) is 3.83. The molecule has 0 spiro atoms. The molecule has 2 aromatic rings. The maximum absolute atomic E-state index is 13.0. The van der Waals surface area contributed by atoms with Crippen molar-refractivity contribution >= 4 is 23.1 Å². The standard InChI is InChI=1S/C23H24N2O7/c1-4-5-11-24-20(14-9-10-17(31-2)18(13-14)32-3)19(22(27)23(24)28)21(26)15-7-6-8-16(12-15)25(29)30/h6-10,12-13,20,26H,4-5,11H2,1-3H3/b21-19+. The van der Waals surface area contributed by atoms with E-state index < -0.39 is 28.4 Å². The maximum atomic E-state index is 13.0. The van der Waals surface area contributed by atoms with Crippen LogP contribution in [0.15, 0.2) is 48.0 Å². The predicted molar refractivity (Wildman–Crippen MR) is 117 cm³/mol. The summed E-state index contributed by atoms with van der Waals surface area (Å²) in [5, 5.41) is 22.2. The third kappa shape index (κ3) is 4.14. The summed E-state index contributed by atoms with van der Waals surface area (Å²) >= 11 is 0. The molecule has 0 aliphatic carbocycles. The summed E-state index contributed by atoms with van der Waals surface area (Å²) in [7, 11) is 2.96. The summed E-state index contributed by atoms with van der Waals surface area (Å²) in [5.74, 6) is -1.16. The number of Topliss-reactive ketones (excluding diaryl/α,β-unsaturated/α-hetero) is 1. The Morgan fingerprint density at radius 3 is 2.47 bits per heavy atom. The van der Waals surface area contributed by atoms with Crippen LogP contribution in [0.1, 0.15) is 36.9 Å². The van der Waals surface area contributed by atoms with Gasteiger partial charge in [0.15, 0.2) is 11.5 Å². The first-order valence-electron chi connectivity index (χ1n) is 10.1. The van der Waals surface area contributed by atoms with Gasteiger partial charge in [-0.3, -0.25) is 19.7 Å². The van der Waals surface area contributed by atoms with E-state index in [4.69, 9.17) is 9.47 Å². The number of unbranched alkanes of at least 4 members (excludes halogenated alkanes) is 1. The van der Waals surface area contributed by atoms with Crippen LogP contribution >= 0.6 is 0 Å². The molecule has 1 aliphatic rings. The molecule has 168 valence electrons. The highest BCUT2D eigenvalue weighted by Crippen LogP contribution is 2.42. The van der Waals surface area contributed by atoms with Gasteiger partial charge in [0.2, 0.25) is 0 Å². The van der Waals surface area contributed by atoms with Crippen molar-refractivity contribution in [1.29, 1.82) is 0 Å². The molecule has 0 bridgehead atoms. The largest absolute Gasteiger partial charge is 0.507 e. The highest BCUT2D eigenvalue weighted by molar-refractivity contribution is 6.46. The van der Waals surface area contributed by atoms with Gasteiger partial charge in [-0.25, -0.2) is 0 Å². The van der Waals surface area contributed by atoms with Gasteiger partial charge >= 0.3 is 0 Å². The molecule has 0 saturated carbocycles. The summed E-state index contributed by atoms with van der Waals surface area (Å²) in [6.07, 6.45) is 1.46. The van der Waals surface area contributed by atoms with Gasteiger partial charge in [0.1, 0.15) is 5.76 Å². The lowest BCUT2D eigenvalue weighted by molar-refractivity contribution is -0.384. The fourth-order valence-corrected chi connectivity index (χ4v) is 3.73. The minimum atomic E-state index is -0.874. The van der Waals surface area contributed by atoms with Crippen LogP contribution in [-0.2, 0) is 9.59 Å². The number of ketones is 1. The number of methoxy groups -OCH3 is 2. The Kier molecular flexibility index (Phi) is 6.77. The first kappa shape index (κ1) is 22.8. The van der Waals surface area contributed by atoms with Crippen LogP contribution in [0, 0.1) is 10.1 Å². The number of aliphatic hydroxyl groups excluding tert-OH is 1. The first-order chi connectivity index (χ1) is 15.3. The van der Waals surface area contributed by atoms with E-state index in [0.717, 1.165) is 6.42 Å². The molecule has 1 saturated heterocycles. The van der Waals surface area contributed by atoms with E-state index in [1.54, 1.807) is 18.2 Å². The molecule has 1 fully saturated rings. The Morgan fingerprint density at radius 2 is 1.84 bits per heavy atom. The number of ether oxygens (including phenoxy) is 2. The monoisotopic (exact) mass is 440 g/mol. The molecule has 1 unspecified atom stereocenters. The van der Waals surface area contributed by atoms with E-state index in [-0.39, 0.29) is 16.8 Å². The number of hydrogen-bond donors (Lipinski definition) is 1. The Balaban J connectivity index is 2.21. The molecule has 32 heavy (non-hydrogen) atoms. The van der Waals surface area contributed by atoms with Gasteiger partial charge in [0.05, 0.1) is 30.8 Å². The molecule has 2 aromatic carbocycles. The number of amides is 1. The van der Waals surface area contributed by atoms with Gasteiger partial charge in [-0.15, -0.1) is 0 Å². The Hall–Kier alpha value is -3.88. The molecule has 1 heterocycles. The van der Waals surface area contributed by atoms with E-state index in [0.29, 0.717) is 30.0 Å². The van der Waals surface area contributed by atoms with Crippen LogP contribution in [0.4, 0.5) is 5.69 Å². The van der Waals surface area contributed by atoms with Crippen molar-refractivity contribution in [3.05, 3.63) is 69.3 Å². The lowest BCUT2D eigenvalue weighted by Gasteiger charge is -2.25. The Bertz CT molecular complexity index is 1090. The van der Waals surface area contributed by atoms with Crippen LogP contribution in [0.3, 0.4) is 0 Å². The van der Waals surface area contributed by atoms with Crippen molar-refractivity contribution in [2.24, 2.45) is 0 Å². The second-order valence-corrected chi connectivity index (χ2v) is 7.27. The molecule has 1 amide bonds. The molecule has 1 atom stereocenters. The summed E-state index contributed by atoms with van der Waals surface area (Å²) in [5.41, 5.74) is 0.263. The zero-order chi connectivity index (χ0) is 23.4. The SMILES string of the molecule is CCCCN1C(=O)C(=O)/C(=C(/O)c2cccc([N+](=O)[O-])c2)C1c1ccc(OC)c(OC)c1. The number of aliphatic hydroxyl groups is 1. The van der Waals surface area contributed by atoms with E-state index in [2.05, 4.69) is 0 Å². The highest BCUT2D eigenvalue weighted by Gasteiger charge is 2.46. The number of nitrogens with zero attached hydrogens (tertiary/aromatic N) is 2. The summed E-state index contributed by atoms with van der Waals surface area (Å²) in [6, 6.07) is 9.43. The van der Waals surface area contributed by atoms with Crippen LogP contribution in [-0.4, -0.2) is 47.4 Å².